The molecule has 80 valence electrons. The van der Waals surface area contributed by atoms with Crippen LogP contribution in [0.1, 0.15) is 13.8 Å². The molecule has 2 atom stereocenters. The van der Waals surface area contributed by atoms with Gasteiger partial charge >= 0.3 is 0 Å². The maximum atomic E-state index is 9.27. The molecule has 0 radical (unpaired) electrons. The van der Waals surface area contributed by atoms with Crippen LogP contribution in [0.3, 0.4) is 0 Å². The Balaban J connectivity index is 3.68. The minimum absolute atomic E-state index is 0.0837. The van der Waals surface area contributed by atoms with Gasteiger partial charge in [0.2, 0.25) is 0 Å². The smallest absolute Gasteiger partial charge is 0.108 e. The van der Waals surface area contributed by atoms with Gasteiger partial charge in [0.05, 0.1) is 26.4 Å². The topological polar surface area (TPSA) is 90.2 Å². The highest BCUT2D eigenvalue weighted by atomic mass is 16.5. The van der Waals surface area contributed by atoms with Gasteiger partial charge in [-0.15, -0.1) is 0 Å². The van der Waals surface area contributed by atoms with Crippen molar-refractivity contribution in [1.29, 1.82) is 0 Å². The second-order valence-electron chi connectivity index (χ2n) is 3.80. The number of aliphatic hydroxyl groups excluding tert-OH is 2. The van der Waals surface area contributed by atoms with Crippen molar-refractivity contribution in [1.82, 2.24) is 0 Å². The molecular formula is C8H18O5. The number of rotatable bonds is 6. The minimum atomic E-state index is -1.30. The molecule has 0 aromatic heterocycles. The van der Waals surface area contributed by atoms with Crippen LogP contribution in [0.15, 0.2) is 0 Å². The molecule has 0 aliphatic heterocycles. The number of aliphatic hydroxyl groups is 4. The highest BCUT2D eigenvalue weighted by Crippen LogP contribution is 2.06. The highest BCUT2D eigenvalue weighted by Gasteiger charge is 2.23. The van der Waals surface area contributed by atoms with Gasteiger partial charge in [-0.1, -0.05) is 0 Å². The second-order valence-corrected chi connectivity index (χ2v) is 3.80. The van der Waals surface area contributed by atoms with E-state index < -0.39 is 24.4 Å². The molecule has 0 aromatic rings. The summed E-state index contributed by atoms with van der Waals surface area (Å²) < 4.78 is 4.92. The van der Waals surface area contributed by atoms with Gasteiger partial charge in [-0.05, 0) is 13.8 Å². The maximum absolute atomic E-state index is 9.27. The van der Waals surface area contributed by atoms with Gasteiger partial charge in [0.25, 0.3) is 0 Å². The normalized spacial score (nSPS) is 20.8. The first-order valence-electron chi connectivity index (χ1n) is 4.07. The van der Waals surface area contributed by atoms with Gasteiger partial charge in [-0.3, -0.25) is 0 Å². The predicted molar refractivity (Wildman–Crippen MR) is 46.2 cm³/mol. The molecule has 13 heavy (non-hydrogen) atoms. The lowest BCUT2D eigenvalue weighted by atomic mass is 10.1. The molecule has 0 heterocycles. The van der Waals surface area contributed by atoms with Crippen LogP contribution in [0.4, 0.5) is 0 Å². The average molecular weight is 194 g/mol. The Kier molecular flexibility index (Phi) is 4.80. The first-order chi connectivity index (χ1) is 5.83. The van der Waals surface area contributed by atoms with Crippen LogP contribution in [0.2, 0.25) is 0 Å². The Bertz CT molecular complexity index is 127. The molecule has 0 aliphatic rings. The second kappa shape index (κ2) is 4.88. The summed E-state index contributed by atoms with van der Waals surface area (Å²) >= 11 is 0. The first kappa shape index (κ1) is 12.8. The summed E-state index contributed by atoms with van der Waals surface area (Å²) in [5.41, 5.74) is -2.60. The zero-order chi connectivity index (χ0) is 10.5. The summed E-state index contributed by atoms with van der Waals surface area (Å²) in [4.78, 5) is 0. The molecule has 0 bridgehead atoms. The summed E-state index contributed by atoms with van der Waals surface area (Å²) in [6.45, 7) is 1.85. The van der Waals surface area contributed by atoms with Gasteiger partial charge in [0.1, 0.15) is 11.2 Å². The van der Waals surface area contributed by atoms with Crippen LogP contribution >= 0.6 is 0 Å². The lowest BCUT2D eigenvalue weighted by Gasteiger charge is -2.24. The van der Waals surface area contributed by atoms with Gasteiger partial charge < -0.3 is 25.2 Å². The van der Waals surface area contributed by atoms with Crippen LogP contribution in [-0.4, -0.2) is 58.1 Å². The molecule has 0 spiro atoms. The lowest BCUT2D eigenvalue weighted by Crippen LogP contribution is -2.40. The Morgan fingerprint density at radius 1 is 0.923 bits per heavy atom. The zero-order valence-electron chi connectivity index (χ0n) is 8.03. The van der Waals surface area contributed by atoms with E-state index in [4.69, 9.17) is 14.9 Å². The van der Waals surface area contributed by atoms with Gasteiger partial charge in [-0.25, -0.2) is 0 Å². The van der Waals surface area contributed by atoms with E-state index in [1.54, 1.807) is 0 Å². The van der Waals surface area contributed by atoms with Crippen molar-refractivity contribution >= 4 is 0 Å². The SMILES string of the molecule is CC(O)(CO)COCC(C)(O)CO. The summed E-state index contributed by atoms with van der Waals surface area (Å²) in [6, 6.07) is 0. The van der Waals surface area contributed by atoms with Crippen molar-refractivity contribution < 1.29 is 25.2 Å². The van der Waals surface area contributed by atoms with Crippen LogP contribution in [0.25, 0.3) is 0 Å². The largest absolute Gasteiger partial charge is 0.393 e. The van der Waals surface area contributed by atoms with E-state index in [1.165, 1.54) is 13.8 Å². The molecule has 0 aliphatic carbocycles. The molecule has 0 rings (SSSR count). The molecule has 5 heteroatoms. The standard InChI is InChI=1S/C8H18O5/c1-7(11,3-9)5-13-6-8(2,12)4-10/h9-12H,3-6H2,1-2H3. The molecular weight excluding hydrogens is 176 g/mol. The number of ether oxygens (including phenoxy) is 1. The summed E-state index contributed by atoms with van der Waals surface area (Å²) in [5.74, 6) is 0. The zero-order valence-corrected chi connectivity index (χ0v) is 8.03. The monoisotopic (exact) mass is 194 g/mol. The third-order valence-electron chi connectivity index (χ3n) is 1.51. The van der Waals surface area contributed by atoms with Crippen LogP contribution < -0.4 is 0 Å². The van der Waals surface area contributed by atoms with E-state index in [9.17, 15) is 10.2 Å². The van der Waals surface area contributed by atoms with Crippen molar-refractivity contribution in [3.05, 3.63) is 0 Å². The van der Waals surface area contributed by atoms with E-state index in [0.29, 0.717) is 0 Å². The van der Waals surface area contributed by atoms with Crippen molar-refractivity contribution in [2.24, 2.45) is 0 Å². The van der Waals surface area contributed by atoms with Crippen molar-refractivity contribution in [3.63, 3.8) is 0 Å². The Labute approximate surface area is 77.6 Å². The van der Waals surface area contributed by atoms with Crippen molar-refractivity contribution in [2.45, 2.75) is 25.0 Å². The third-order valence-corrected chi connectivity index (χ3v) is 1.51. The van der Waals surface area contributed by atoms with Crippen LogP contribution in [0, 0.1) is 0 Å². The van der Waals surface area contributed by atoms with E-state index in [0.717, 1.165) is 0 Å². The minimum Gasteiger partial charge on any atom is -0.393 e. The van der Waals surface area contributed by atoms with E-state index in [1.807, 2.05) is 0 Å². The molecule has 0 aromatic carbocycles. The molecule has 5 nitrogen and oxygen atoms in total. The van der Waals surface area contributed by atoms with E-state index in [2.05, 4.69) is 0 Å². The Morgan fingerprint density at radius 2 is 1.23 bits per heavy atom. The fourth-order valence-electron chi connectivity index (χ4n) is 0.582. The Morgan fingerprint density at radius 3 is 1.46 bits per heavy atom. The fraction of sp³-hybridized carbons (Fsp3) is 1.00. The predicted octanol–water partition coefficient (Wildman–Crippen LogP) is -1.51. The van der Waals surface area contributed by atoms with Gasteiger partial charge in [0.15, 0.2) is 0 Å². The van der Waals surface area contributed by atoms with E-state index in [-0.39, 0.29) is 13.2 Å². The number of hydrogen-bond donors (Lipinski definition) is 4. The van der Waals surface area contributed by atoms with Crippen molar-refractivity contribution in [2.75, 3.05) is 26.4 Å². The molecule has 2 unspecified atom stereocenters. The molecule has 0 saturated carbocycles. The maximum Gasteiger partial charge on any atom is 0.108 e. The third kappa shape index (κ3) is 5.95. The highest BCUT2D eigenvalue weighted by molar-refractivity contribution is 4.73. The molecule has 4 N–H and O–H groups in total. The lowest BCUT2D eigenvalue weighted by molar-refractivity contribution is -0.111. The first-order valence-corrected chi connectivity index (χ1v) is 4.07. The average Bonchev–Trinajstić information content (AvgIpc) is 2.04. The van der Waals surface area contributed by atoms with Crippen LogP contribution in [0.5, 0.6) is 0 Å². The van der Waals surface area contributed by atoms with Gasteiger partial charge in [-0.2, -0.15) is 0 Å². The summed E-state index contributed by atoms with van der Waals surface area (Å²) in [7, 11) is 0. The molecule has 0 amide bonds. The number of hydrogen-bond acceptors (Lipinski definition) is 5. The quantitative estimate of drug-likeness (QED) is 0.413. The van der Waals surface area contributed by atoms with Crippen molar-refractivity contribution in [3.8, 4) is 0 Å². The summed E-state index contributed by atoms with van der Waals surface area (Å²) in [6.07, 6.45) is 0. The Hall–Kier alpha value is -0.200. The molecule has 0 saturated heterocycles. The van der Waals surface area contributed by atoms with E-state index >= 15 is 0 Å². The summed E-state index contributed by atoms with van der Waals surface area (Å²) in [5, 5.41) is 35.8. The molecule has 0 fully saturated rings. The van der Waals surface area contributed by atoms with Crippen LogP contribution in [-0.2, 0) is 4.74 Å². The fourth-order valence-corrected chi connectivity index (χ4v) is 0.582. The van der Waals surface area contributed by atoms with Gasteiger partial charge in [0, 0.05) is 0 Å².